The monoisotopic (exact) mass is 491 g/mol. The second-order valence-electron chi connectivity index (χ2n) is 8.15. The van der Waals surface area contributed by atoms with Crippen LogP contribution in [0.5, 0.6) is 5.75 Å². The minimum Gasteiger partial charge on any atom is -0.489 e. The molecule has 0 amide bonds. The van der Waals surface area contributed by atoms with Crippen LogP contribution in [0.25, 0.3) is 15.7 Å². The highest BCUT2D eigenvalue weighted by molar-refractivity contribution is 7.17. The lowest BCUT2D eigenvalue weighted by molar-refractivity contribution is -0.151. The van der Waals surface area contributed by atoms with Crippen molar-refractivity contribution < 1.29 is 19.4 Å². The van der Waals surface area contributed by atoms with E-state index in [-0.39, 0.29) is 12.6 Å². The van der Waals surface area contributed by atoms with Crippen LogP contribution in [0.3, 0.4) is 0 Å². The van der Waals surface area contributed by atoms with Crippen LogP contribution >= 0.6 is 22.9 Å². The Kier molecular flexibility index (Phi) is 6.99. The molecule has 0 aliphatic carbocycles. The molecule has 1 aliphatic rings. The Morgan fingerprint density at radius 1 is 1.33 bits per heavy atom. The number of rotatable bonds is 7. The Labute approximate surface area is 200 Å². The molecule has 0 saturated heterocycles. The van der Waals surface area contributed by atoms with Gasteiger partial charge in [-0.15, -0.1) is 10.2 Å². The number of hydrogen-bond acceptors (Lipinski definition) is 9. The summed E-state index contributed by atoms with van der Waals surface area (Å²) in [6, 6.07) is 5.59. The third-order valence-corrected chi connectivity index (χ3v) is 6.65. The van der Waals surface area contributed by atoms with Crippen molar-refractivity contribution in [2.75, 3.05) is 20.2 Å². The lowest BCUT2D eigenvalue weighted by Gasteiger charge is -2.27. The van der Waals surface area contributed by atoms with E-state index in [1.165, 1.54) is 18.4 Å². The maximum atomic E-state index is 11.5. The number of fused-ring (bicyclic) bond motifs is 1. The molecule has 3 heterocycles. The Balaban J connectivity index is 1.53. The maximum Gasteiger partial charge on any atom is 0.336 e. The number of methoxy groups -OCH3 is 1. The minimum absolute atomic E-state index is 0.0370. The first-order chi connectivity index (χ1) is 15.8. The number of carbonyl (C=O) groups excluding carboxylic acids is 1. The van der Waals surface area contributed by atoms with E-state index >= 15 is 0 Å². The molecule has 0 radical (unpaired) electrons. The van der Waals surface area contributed by atoms with Gasteiger partial charge in [-0.1, -0.05) is 22.9 Å². The van der Waals surface area contributed by atoms with Gasteiger partial charge in [0.15, 0.2) is 6.10 Å². The molecule has 3 aromatic rings. The van der Waals surface area contributed by atoms with Crippen LogP contribution in [-0.2, 0) is 22.5 Å². The number of β-amino-alcohol motifs (C(OH)–C–C–N with tert-alkyl or cyclic N) is 1. The first-order valence-corrected chi connectivity index (χ1v) is 11.8. The standard InChI is InChI=1S/C22H26ClN5O4S/c1-12(2)32-19-6-5-14(9-16(19)23)20-24-25-22(33-20)28-13(3)15-10-27(8-7-17(15)26-28)11-18(29)21(30)31-4/h5-6,9,12,18,29H,7-8,10-11H2,1-4H3/t18-/m1/s1. The van der Waals surface area contributed by atoms with E-state index in [9.17, 15) is 9.90 Å². The molecular formula is C22H26ClN5O4S. The summed E-state index contributed by atoms with van der Waals surface area (Å²) in [6.45, 7) is 7.40. The van der Waals surface area contributed by atoms with Gasteiger partial charge in [0.05, 0.1) is 23.9 Å². The number of carbonyl (C=O) groups is 1. The molecule has 0 saturated carbocycles. The van der Waals surface area contributed by atoms with Crippen LogP contribution in [-0.4, -0.2) is 68.4 Å². The lowest BCUT2D eigenvalue weighted by Crippen LogP contribution is -2.40. The van der Waals surface area contributed by atoms with Crippen LogP contribution in [0.15, 0.2) is 18.2 Å². The number of esters is 1. The van der Waals surface area contributed by atoms with Crippen LogP contribution in [0, 0.1) is 6.92 Å². The third kappa shape index (κ3) is 5.03. The number of benzene rings is 1. The molecule has 0 fully saturated rings. The number of aliphatic hydroxyl groups excluding tert-OH is 1. The quantitative estimate of drug-likeness (QED) is 0.503. The highest BCUT2D eigenvalue weighted by Gasteiger charge is 2.27. The van der Waals surface area contributed by atoms with Crippen molar-refractivity contribution in [3.63, 3.8) is 0 Å². The molecule has 1 aromatic carbocycles. The summed E-state index contributed by atoms with van der Waals surface area (Å²) >= 11 is 7.81. The largest absolute Gasteiger partial charge is 0.489 e. The molecular weight excluding hydrogens is 466 g/mol. The van der Waals surface area contributed by atoms with Crippen molar-refractivity contribution >= 4 is 28.9 Å². The topological polar surface area (TPSA) is 103 Å². The fourth-order valence-electron chi connectivity index (χ4n) is 3.76. The van der Waals surface area contributed by atoms with Gasteiger partial charge in [0.25, 0.3) is 0 Å². The third-order valence-electron chi connectivity index (χ3n) is 5.41. The van der Waals surface area contributed by atoms with Gasteiger partial charge in [-0.05, 0) is 39.0 Å². The van der Waals surface area contributed by atoms with Crippen molar-refractivity contribution in [3.8, 4) is 21.5 Å². The molecule has 176 valence electrons. The zero-order chi connectivity index (χ0) is 23.7. The fraction of sp³-hybridized carbons (Fsp3) is 0.455. The highest BCUT2D eigenvalue weighted by Crippen LogP contribution is 2.34. The number of aromatic nitrogens is 4. The molecule has 4 rings (SSSR count). The summed E-state index contributed by atoms with van der Waals surface area (Å²) in [5.74, 6) is 0.0103. The van der Waals surface area contributed by atoms with Gasteiger partial charge >= 0.3 is 5.97 Å². The fourth-order valence-corrected chi connectivity index (χ4v) is 4.83. The molecule has 0 unspecified atom stereocenters. The van der Waals surface area contributed by atoms with E-state index in [1.807, 2.05) is 48.6 Å². The predicted molar refractivity (Wildman–Crippen MR) is 125 cm³/mol. The number of hydrogen-bond donors (Lipinski definition) is 1. The summed E-state index contributed by atoms with van der Waals surface area (Å²) in [5.41, 5.74) is 3.89. The molecule has 0 bridgehead atoms. The molecule has 1 N–H and O–H groups in total. The summed E-state index contributed by atoms with van der Waals surface area (Å²) in [4.78, 5) is 13.6. The number of ether oxygens (including phenoxy) is 2. The second kappa shape index (κ2) is 9.76. The van der Waals surface area contributed by atoms with Gasteiger partial charge in [0.1, 0.15) is 10.8 Å². The zero-order valence-electron chi connectivity index (χ0n) is 18.9. The molecule has 11 heteroatoms. The summed E-state index contributed by atoms with van der Waals surface area (Å²) < 4.78 is 12.1. The average molecular weight is 492 g/mol. The number of aliphatic hydroxyl groups is 1. The van der Waals surface area contributed by atoms with Crippen molar-refractivity contribution in [2.45, 2.75) is 45.9 Å². The molecule has 33 heavy (non-hydrogen) atoms. The Hall–Kier alpha value is -2.53. The van der Waals surface area contributed by atoms with E-state index in [0.717, 1.165) is 33.9 Å². The lowest BCUT2D eigenvalue weighted by atomic mass is 10.1. The summed E-state index contributed by atoms with van der Waals surface area (Å²) in [7, 11) is 1.27. The van der Waals surface area contributed by atoms with Crippen molar-refractivity contribution in [2.24, 2.45) is 0 Å². The molecule has 1 atom stereocenters. The van der Waals surface area contributed by atoms with Gasteiger partial charge in [0.2, 0.25) is 5.13 Å². The van der Waals surface area contributed by atoms with E-state index < -0.39 is 12.1 Å². The highest BCUT2D eigenvalue weighted by atomic mass is 35.5. The van der Waals surface area contributed by atoms with Gasteiger partial charge in [-0.25, -0.2) is 9.48 Å². The van der Waals surface area contributed by atoms with E-state index in [4.69, 9.17) is 21.4 Å². The normalized spacial score (nSPS) is 14.9. The van der Waals surface area contributed by atoms with Crippen LogP contribution < -0.4 is 4.74 Å². The first kappa shape index (κ1) is 23.6. The average Bonchev–Trinajstić information content (AvgIpc) is 3.39. The van der Waals surface area contributed by atoms with Gasteiger partial charge < -0.3 is 14.6 Å². The zero-order valence-corrected chi connectivity index (χ0v) is 20.5. The van der Waals surface area contributed by atoms with Crippen LogP contribution in [0.1, 0.15) is 30.8 Å². The maximum absolute atomic E-state index is 11.5. The summed E-state index contributed by atoms with van der Waals surface area (Å²) in [5, 5.41) is 25.4. The number of halogens is 1. The molecule has 1 aliphatic heterocycles. The predicted octanol–water partition coefficient (Wildman–Crippen LogP) is 3.03. The van der Waals surface area contributed by atoms with Gasteiger partial charge in [-0.3, -0.25) is 4.90 Å². The second-order valence-corrected chi connectivity index (χ2v) is 9.51. The van der Waals surface area contributed by atoms with Crippen molar-refractivity contribution in [3.05, 3.63) is 40.2 Å². The Morgan fingerprint density at radius 3 is 2.82 bits per heavy atom. The Morgan fingerprint density at radius 2 is 2.12 bits per heavy atom. The Bertz CT molecular complexity index is 1160. The molecule has 0 spiro atoms. The van der Waals surface area contributed by atoms with Gasteiger partial charge in [-0.2, -0.15) is 5.10 Å². The molecule has 2 aromatic heterocycles. The van der Waals surface area contributed by atoms with Crippen molar-refractivity contribution in [1.82, 2.24) is 24.9 Å². The molecule has 9 nitrogen and oxygen atoms in total. The van der Waals surface area contributed by atoms with Gasteiger partial charge in [0, 0.05) is 42.9 Å². The van der Waals surface area contributed by atoms with E-state index in [0.29, 0.717) is 29.0 Å². The summed E-state index contributed by atoms with van der Waals surface area (Å²) in [6.07, 6.45) is -0.410. The van der Waals surface area contributed by atoms with Crippen LogP contribution in [0.4, 0.5) is 0 Å². The first-order valence-electron chi connectivity index (χ1n) is 10.6. The minimum atomic E-state index is -1.17. The van der Waals surface area contributed by atoms with E-state index in [1.54, 1.807) is 0 Å². The van der Waals surface area contributed by atoms with Crippen LogP contribution in [0.2, 0.25) is 5.02 Å². The van der Waals surface area contributed by atoms with E-state index in [2.05, 4.69) is 14.9 Å². The van der Waals surface area contributed by atoms with Crippen molar-refractivity contribution in [1.29, 1.82) is 0 Å². The SMILES string of the molecule is COC(=O)[C@H](O)CN1CCc2nn(-c3nnc(-c4ccc(OC(C)C)c(Cl)c4)s3)c(C)c2C1. The smallest absolute Gasteiger partial charge is 0.336 e. The number of nitrogens with zero attached hydrogens (tertiary/aromatic N) is 5.